The molecule has 2 amide bonds. The molecule has 2 aromatic carbocycles. The molecule has 1 aliphatic rings. The molecule has 0 bridgehead atoms. The molecule has 0 aromatic heterocycles. The number of nitrogens with one attached hydrogen (secondary N) is 1. The van der Waals surface area contributed by atoms with Crippen LogP contribution in [-0.4, -0.2) is 42.3 Å². The van der Waals surface area contributed by atoms with Crippen molar-refractivity contribution in [2.75, 3.05) is 20.3 Å². The minimum Gasteiger partial charge on any atom is -0.493 e. The maximum atomic E-state index is 12.0. The molecular formula is C22H24ClN3O5S. The highest BCUT2D eigenvalue weighted by molar-refractivity contribution is 8.14. The van der Waals surface area contributed by atoms with Crippen molar-refractivity contribution in [3.05, 3.63) is 52.5 Å². The number of carbonyl (C=O) groups excluding carboxylic acids is 2. The normalized spacial score (nSPS) is 15.2. The summed E-state index contributed by atoms with van der Waals surface area (Å²) < 4.78 is 16.8. The second-order valence-electron chi connectivity index (χ2n) is 6.96. The van der Waals surface area contributed by atoms with Gasteiger partial charge in [0, 0.05) is 13.8 Å². The fraction of sp³-hybridized carbons (Fsp3) is 0.318. The van der Waals surface area contributed by atoms with Crippen LogP contribution in [0.3, 0.4) is 0 Å². The van der Waals surface area contributed by atoms with Gasteiger partial charge in [-0.15, -0.1) is 5.10 Å². The fourth-order valence-corrected chi connectivity index (χ4v) is 4.34. The summed E-state index contributed by atoms with van der Waals surface area (Å²) in [5.41, 5.74) is 1.84. The SMILES string of the molecule is COc1cc(C)ccc1OCCOc1ccc(C2SC(NC(C)=O)=NN2C(C)=O)cc1Cl. The fourth-order valence-electron chi connectivity index (χ4n) is 2.96. The van der Waals surface area contributed by atoms with Gasteiger partial charge in [-0.3, -0.25) is 9.59 Å². The Morgan fingerprint density at radius 1 is 1.09 bits per heavy atom. The van der Waals surface area contributed by atoms with Crippen molar-refractivity contribution in [2.24, 2.45) is 5.10 Å². The van der Waals surface area contributed by atoms with Crippen LogP contribution >= 0.6 is 23.4 Å². The lowest BCUT2D eigenvalue weighted by Crippen LogP contribution is -2.25. The standard InChI is InChI=1S/C22H24ClN3O5S/c1-13-5-7-19(20(11-13)29-4)31-10-9-30-18-8-6-16(12-17(18)23)21-26(15(3)28)25-22(32-21)24-14(2)27/h5-8,11-12,21H,9-10H2,1-4H3,(H,24,25,27). The van der Waals surface area contributed by atoms with Crippen LogP contribution in [0.15, 0.2) is 41.5 Å². The van der Waals surface area contributed by atoms with Gasteiger partial charge in [0.2, 0.25) is 11.8 Å². The number of halogens is 1. The van der Waals surface area contributed by atoms with Gasteiger partial charge in [-0.05, 0) is 42.3 Å². The maximum Gasteiger partial charge on any atom is 0.241 e. The van der Waals surface area contributed by atoms with Crippen LogP contribution in [0.5, 0.6) is 17.2 Å². The number of thioether (sulfide) groups is 1. The number of amidine groups is 1. The Morgan fingerprint density at radius 3 is 2.41 bits per heavy atom. The summed E-state index contributed by atoms with van der Waals surface area (Å²) in [6.45, 7) is 5.37. The van der Waals surface area contributed by atoms with E-state index in [1.54, 1.807) is 19.2 Å². The van der Waals surface area contributed by atoms with Crippen LogP contribution in [-0.2, 0) is 9.59 Å². The van der Waals surface area contributed by atoms with Gasteiger partial charge in [-0.2, -0.15) is 0 Å². The number of hydrogen-bond donors (Lipinski definition) is 1. The van der Waals surface area contributed by atoms with E-state index in [4.69, 9.17) is 25.8 Å². The molecule has 3 rings (SSSR count). The molecule has 0 saturated carbocycles. The molecule has 0 radical (unpaired) electrons. The van der Waals surface area contributed by atoms with E-state index in [9.17, 15) is 9.59 Å². The van der Waals surface area contributed by atoms with Crippen LogP contribution in [0.1, 0.15) is 30.3 Å². The van der Waals surface area contributed by atoms with Gasteiger partial charge in [0.05, 0.1) is 12.1 Å². The third-order valence-electron chi connectivity index (χ3n) is 4.41. The van der Waals surface area contributed by atoms with Gasteiger partial charge in [0.1, 0.15) is 24.3 Å². The van der Waals surface area contributed by atoms with Crippen LogP contribution in [0.2, 0.25) is 5.02 Å². The number of hydrazone groups is 1. The third-order valence-corrected chi connectivity index (χ3v) is 5.81. The number of ether oxygens (including phenoxy) is 3. The Hall–Kier alpha value is -2.91. The van der Waals surface area contributed by atoms with Crippen LogP contribution in [0, 0.1) is 6.92 Å². The monoisotopic (exact) mass is 477 g/mol. The first-order valence-corrected chi connectivity index (χ1v) is 11.1. The second kappa shape index (κ2) is 10.6. The van der Waals surface area contributed by atoms with Crippen molar-refractivity contribution in [3.63, 3.8) is 0 Å². The van der Waals surface area contributed by atoms with E-state index < -0.39 is 5.37 Å². The zero-order chi connectivity index (χ0) is 23.3. The van der Waals surface area contributed by atoms with E-state index in [1.807, 2.05) is 31.2 Å². The molecule has 1 heterocycles. The largest absolute Gasteiger partial charge is 0.493 e. The van der Waals surface area contributed by atoms with E-state index in [2.05, 4.69) is 10.4 Å². The van der Waals surface area contributed by atoms with E-state index in [-0.39, 0.29) is 18.4 Å². The summed E-state index contributed by atoms with van der Waals surface area (Å²) in [6.07, 6.45) is 0. The molecule has 170 valence electrons. The molecule has 0 fully saturated rings. The predicted octanol–water partition coefficient (Wildman–Crippen LogP) is 4.12. The lowest BCUT2D eigenvalue weighted by atomic mass is 10.2. The quantitative estimate of drug-likeness (QED) is 0.603. The first-order valence-electron chi connectivity index (χ1n) is 9.81. The van der Waals surface area contributed by atoms with Crippen LogP contribution in [0.25, 0.3) is 0 Å². The molecule has 1 atom stereocenters. The number of amides is 2. The number of carbonyl (C=O) groups is 2. The van der Waals surface area contributed by atoms with Crippen molar-refractivity contribution in [1.29, 1.82) is 0 Å². The maximum absolute atomic E-state index is 12.0. The highest BCUT2D eigenvalue weighted by Gasteiger charge is 2.32. The first-order chi connectivity index (χ1) is 15.3. The Balaban J connectivity index is 1.60. The lowest BCUT2D eigenvalue weighted by molar-refractivity contribution is -0.129. The van der Waals surface area contributed by atoms with Gasteiger partial charge >= 0.3 is 0 Å². The van der Waals surface area contributed by atoms with Gasteiger partial charge in [0.15, 0.2) is 16.7 Å². The number of hydrogen-bond acceptors (Lipinski definition) is 7. The molecule has 0 saturated heterocycles. The van der Waals surface area contributed by atoms with Gasteiger partial charge < -0.3 is 19.5 Å². The molecule has 32 heavy (non-hydrogen) atoms. The van der Waals surface area contributed by atoms with Crippen molar-refractivity contribution in [3.8, 4) is 17.2 Å². The number of nitrogens with zero attached hydrogens (tertiary/aromatic N) is 2. The van der Waals surface area contributed by atoms with Gasteiger partial charge in [0.25, 0.3) is 0 Å². The smallest absolute Gasteiger partial charge is 0.241 e. The summed E-state index contributed by atoms with van der Waals surface area (Å²) in [5, 5.41) is 8.42. The summed E-state index contributed by atoms with van der Waals surface area (Å²) >= 11 is 7.67. The average Bonchev–Trinajstić information content (AvgIpc) is 3.16. The third kappa shape index (κ3) is 5.86. The second-order valence-corrected chi connectivity index (χ2v) is 8.44. The Bertz CT molecular complexity index is 1050. The highest BCUT2D eigenvalue weighted by atomic mass is 35.5. The van der Waals surface area contributed by atoms with E-state index >= 15 is 0 Å². The molecule has 0 aliphatic carbocycles. The zero-order valence-corrected chi connectivity index (χ0v) is 19.7. The van der Waals surface area contributed by atoms with Crippen LogP contribution < -0.4 is 19.5 Å². The number of rotatable bonds is 7. The first kappa shape index (κ1) is 23.7. The van der Waals surface area contributed by atoms with E-state index in [1.165, 1.54) is 30.6 Å². The predicted molar refractivity (Wildman–Crippen MR) is 124 cm³/mol. The summed E-state index contributed by atoms with van der Waals surface area (Å²) in [6, 6.07) is 11.0. The Morgan fingerprint density at radius 2 is 1.78 bits per heavy atom. The Labute approximate surface area is 195 Å². The molecule has 2 aromatic rings. The van der Waals surface area contributed by atoms with Gasteiger partial charge in [-0.25, -0.2) is 5.01 Å². The van der Waals surface area contributed by atoms with Gasteiger partial charge in [-0.1, -0.05) is 35.5 Å². The molecule has 1 aliphatic heterocycles. The summed E-state index contributed by atoms with van der Waals surface area (Å²) in [4.78, 5) is 23.3. The van der Waals surface area contributed by atoms with E-state index in [0.717, 1.165) is 11.1 Å². The van der Waals surface area contributed by atoms with E-state index in [0.29, 0.717) is 34.0 Å². The molecule has 8 nitrogen and oxygen atoms in total. The highest BCUT2D eigenvalue weighted by Crippen LogP contribution is 2.40. The number of methoxy groups -OCH3 is 1. The Kier molecular flexibility index (Phi) is 7.87. The molecular weight excluding hydrogens is 454 g/mol. The average molecular weight is 478 g/mol. The lowest BCUT2D eigenvalue weighted by Gasteiger charge is -2.20. The minimum atomic E-state index is -0.432. The summed E-state index contributed by atoms with van der Waals surface area (Å²) in [5.74, 6) is 1.30. The van der Waals surface area contributed by atoms with Crippen molar-refractivity contribution >= 4 is 40.3 Å². The van der Waals surface area contributed by atoms with Crippen molar-refractivity contribution in [1.82, 2.24) is 10.3 Å². The van der Waals surface area contributed by atoms with Crippen molar-refractivity contribution < 1.29 is 23.8 Å². The zero-order valence-electron chi connectivity index (χ0n) is 18.2. The molecule has 1 unspecified atom stereocenters. The molecule has 0 spiro atoms. The molecule has 10 heteroatoms. The number of aryl methyl sites for hydroxylation is 1. The van der Waals surface area contributed by atoms with Crippen molar-refractivity contribution in [2.45, 2.75) is 26.1 Å². The minimum absolute atomic E-state index is 0.247. The summed E-state index contributed by atoms with van der Waals surface area (Å²) in [7, 11) is 1.60. The molecule has 1 N–H and O–H groups in total. The van der Waals surface area contributed by atoms with Crippen LogP contribution in [0.4, 0.5) is 0 Å². The topological polar surface area (TPSA) is 89.5 Å². The number of benzene rings is 2.